The molecule has 2 aromatic carbocycles. The molecule has 0 fully saturated rings. The van der Waals surface area contributed by atoms with Crippen LogP contribution in [0.3, 0.4) is 0 Å². The van der Waals surface area contributed by atoms with E-state index in [9.17, 15) is 14.9 Å². The predicted octanol–water partition coefficient (Wildman–Crippen LogP) is 3.78. The summed E-state index contributed by atoms with van der Waals surface area (Å²) >= 11 is 1.36. The van der Waals surface area contributed by atoms with Crippen LogP contribution in [0.25, 0.3) is 0 Å². The molecule has 0 atom stereocenters. The number of amides is 1. The van der Waals surface area contributed by atoms with Gasteiger partial charge in [0.25, 0.3) is 5.69 Å². The van der Waals surface area contributed by atoms with Gasteiger partial charge in [-0.15, -0.1) is 11.8 Å². The molecule has 0 saturated heterocycles. The number of nitro benzene ring substituents is 1. The number of rotatable bonds is 7. The number of hydrogen-bond donors (Lipinski definition) is 1. The first-order valence-electron chi connectivity index (χ1n) is 7.58. The van der Waals surface area contributed by atoms with Crippen LogP contribution < -0.4 is 5.32 Å². The average molecular weight is 344 g/mol. The van der Waals surface area contributed by atoms with Crippen molar-refractivity contribution in [2.24, 2.45) is 0 Å². The topological polar surface area (TPSA) is 72.2 Å². The lowest BCUT2D eigenvalue weighted by Crippen LogP contribution is -2.37. The Morgan fingerprint density at radius 1 is 1.12 bits per heavy atom. The summed E-state index contributed by atoms with van der Waals surface area (Å²) in [5.41, 5.74) is 1.08. The van der Waals surface area contributed by atoms with Crippen LogP contribution in [0, 0.1) is 10.1 Å². The molecule has 0 unspecified atom stereocenters. The molecule has 0 radical (unpaired) electrons. The highest BCUT2D eigenvalue weighted by molar-refractivity contribution is 8.00. The Labute approximate surface area is 145 Å². The first kappa shape index (κ1) is 18.0. The molecule has 1 N–H and O–H groups in total. The minimum Gasteiger partial charge on any atom is -0.355 e. The summed E-state index contributed by atoms with van der Waals surface area (Å²) in [7, 11) is 0. The Bertz CT molecular complexity index is 700. The molecule has 2 aromatic rings. The van der Waals surface area contributed by atoms with Gasteiger partial charge in [0.2, 0.25) is 5.91 Å². The van der Waals surface area contributed by atoms with E-state index in [0.717, 1.165) is 4.90 Å². The van der Waals surface area contributed by atoms with Gasteiger partial charge in [-0.05, 0) is 17.7 Å². The smallest absolute Gasteiger partial charge is 0.269 e. The summed E-state index contributed by atoms with van der Waals surface area (Å²) < 4.78 is 0. The van der Waals surface area contributed by atoms with E-state index in [1.54, 1.807) is 12.1 Å². The van der Waals surface area contributed by atoms with Gasteiger partial charge in [0.15, 0.2) is 0 Å². The monoisotopic (exact) mass is 344 g/mol. The Morgan fingerprint density at radius 3 is 2.33 bits per heavy atom. The highest BCUT2D eigenvalue weighted by Gasteiger charge is 2.21. The molecule has 0 aliphatic carbocycles. The van der Waals surface area contributed by atoms with Gasteiger partial charge in [0.05, 0.1) is 10.7 Å². The molecule has 2 rings (SSSR count). The van der Waals surface area contributed by atoms with Crippen molar-refractivity contribution in [3.05, 3.63) is 70.3 Å². The van der Waals surface area contributed by atoms with Gasteiger partial charge in [-0.2, -0.15) is 0 Å². The molecule has 24 heavy (non-hydrogen) atoms. The maximum Gasteiger partial charge on any atom is 0.269 e. The quantitative estimate of drug-likeness (QED) is 0.471. The van der Waals surface area contributed by atoms with Crippen molar-refractivity contribution in [3.63, 3.8) is 0 Å². The molecule has 0 bridgehead atoms. The van der Waals surface area contributed by atoms with Gasteiger partial charge in [0.1, 0.15) is 0 Å². The van der Waals surface area contributed by atoms with Crippen molar-refractivity contribution in [3.8, 4) is 0 Å². The summed E-state index contributed by atoms with van der Waals surface area (Å²) in [5.74, 6) is 0.227. The largest absolute Gasteiger partial charge is 0.355 e. The molecule has 1 amide bonds. The van der Waals surface area contributed by atoms with Crippen LogP contribution in [0.4, 0.5) is 5.69 Å². The highest BCUT2D eigenvalue weighted by atomic mass is 32.2. The van der Waals surface area contributed by atoms with Crippen molar-refractivity contribution in [1.82, 2.24) is 5.32 Å². The van der Waals surface area contributed by atoms with Crippen LogP contribution >= 0.6 is 11.8 Å². The molecule has 0 aliphatic heterocycles. The lowest BCUT2D eigenvalue weighted by molar-refractivity contribution is -0.384. The zero-order valence-corrected chi connectivity index (χ0v) is 14.5. The number of carbonyl (C=O) groups is 1. The van der Waals surface area contributed by atoms with Crippen molar-refractivity contribution < 1.29 is 9.72 Å². The summed E-state index contributed by atoms with van der Waals surface area (Å²) in [4.78, 5) is 23.0. The number of nitrogens with one attached hydrogen (secondary N) is 1. The van der Waals surface area contributed by atoms with E-state index >= 15 is 0 Å². The van der Waals surface area contributed by atoms with Gasteiger partial charge in [0, 0.05) is 29.0 Å². The van der Waals surface area contributed by atoms with Crippen molar-refractivity contribution >= 4 is 23.4 Å². The maximum absolute atomic E-state index is 12.0. The van der Waals surface area contributed by atoms with Crippen LogP contribution in [0.15, 0.2) is 59.5 Å². The standard InChI is InChI=1S/C18H20N2O3S/c1-18(2,14-6-4-3-5-7-14)13-19-17(21)12-24-16-10-8-15(9-11-16)20(22)23/h3-11H,12-13H2,1-2H3,(H,19,21). The van der Waals surface area contributed by atoms with Gasteiger partial charge in [-0.3, -0.25) is 14.9 Å². The number of thioether (sulfide) groups is 1. The van der Waals surface area contributed by atoms with E-state index in [2.05, 4.69) is 31.3 Å². The number of hydrogen-bond acceptors (Lipinski definition) is 4. The fourth-order valence-electron chi connectivity index (χ4n) is 2.17. The molecule has 6 heteroatoms. The van der Waals surface area contributed by atoms with E-state index in [1.165, 1.54) is 29.5 Å². The van der Waals surface area contributed by atoms with Crippen LogP contribution in [0.1, 0.15) is 19.4 Å². The fraction of sp³-hybridized carbons (Fsp3) is 0.278. The molecular weight excluding hydrogens is 324 g/mol. The maximum atomic E-state index is 12.0. The zero-order chi connectivity index (χ0) is 17.6. The first-order chi connectivity index (χ1) is 11.4. The van der Waals surface area contributed by atoms with E-state index in [4.69, 9.17) is 0 Å². The zero-order valence-electron chi connectivity index (χ0n) is 13.7. The molecule has 126 valence electrons. The molecule has 0 heterocycles. The number of carbonyl (C=O) groups excluding carboxylic acids is 1. The van der Waals surface area contributed by atoms with Crippen LogP contribution in [0.2, 0.25) is 0 Å². The van der Waals surface area contributed by atoms with Crippen LogP contribution in [-0.4, -0.2) is 23.1 Å². The first-order valence-corrected chi connectivity index (χ1v) is 8.56. The van der Waals surface area contributed by atoms with Crippen molar-refractivity contribution in [1.29, 1.82) is 0 Å². The Hall–Kier alpha value is -2.34. The number of benzene rings is 2. The SMILES string of the molecule is CC(C)(CNC(=O)CSc1ccc([N+](=O)[O-])cc1)c1ccccc1. The lowest BCUT2D eigenvalue weighted by Gasteiger charge is -2.25. The second kappa shape index (κ2) is 7.97. The van der Waals surface area contributed by atoms with Crippen molar-refractivity contribution in [2.75, 3.05) is 12.3 Å². The summed E-state index contributed by atoms with van der Waals surface area (Å²) in [6, 6.07) is 16.3. The number of non-ortho nitro benzene ring substituents is 1. The normalized spacial score (nSPS) is 11.1. The van der Waals surface area contributed by atoms with Gasteiger partial charge in [-0.1, -0.05) is 44.2 Å². The molecule has 0 saturated carbocycles. The third-order valence-electron chi connectivity index (χ3n) is 3.70. The minimum atomic E-state index is -0.438. The van der Waals surface area contributed by atoms with E-state index < -0.39 is 4.92 Å². The number of nitro groups is 1. The Balaban J connectivity index is 1.82. The molecule has 5 nitrogen and oxygen atoms in total. The van der Waals surface area contributed by atoms with E-state index in [-0.39, 0.29) is 22.8 Å². The van der Waals surface area contributed by atoms with Gasteiger partial charge >= 0.3 is 0 Å². The van der Waals surface area contributed by atoms with Gasteiger partial charge in [-0.25, -0.2) is 0 Å². The Morgan fingerprint density at radius 2 is 1.75 bits per heavy atom. The average Bonchev–Trinajstić information content (AvgIpc) is 2.59. The summed E-state index contributed by atoms with van der Waals surface area (Å²) in [6.45, 7) is 4.73. The summed E-state index contributed by atoms with van der Waals surface area (Å²) in [6.07, 6.45) is 0. The molecule has 0 aromatic heterocycles. The van der Waals surface area contributed by atoms with Gasteiger partial charge < -0.3 is 5.32 Å². The predicted molar refractivity (Wildman–Crippen MR) is 96.3 cm³/mol. The van der Waals surface area contributed by atoms with E-state index in [1.807, 2.05) is 18.2 Å². The highest BCUT2D eigenvalue weighted by Crippen LogP contribution is 2.23. The third-order valence-corrected chi connectivity index (χ3v) is 4.71. The van der Waals surface area contributed by atoms with Crippen molar-refractivity contribution in [2.45, 2.75) is 24.2 Å². The minimum absolute atomic E-state index is 0.0495. The van der Waals surface area contributed by atoms with E-state index in [0.29, 0.717) is 6.54 Å². The fourth-order valence-corrected chi connectivity index (χ4v) is 2.90. The third kappa shape index (κ3) is 5.09. The molecular formula is C18H20N2O3S. The molecule has 0 aliphatic rings. The van der Waals surface area contributed by atoms with Crippen LogP contribution in [-0.2, 0) is 10.2 Å². The lowest BCUT2D eigenvalue weighted by atomic mass is 9.85. The van der Waals surface area contributed by atoms with Crippen LogP contribution in [0.5, 0.6) is 0 Å². The second-order valence-electron chi connectivity index (χ2n) is 6.07. The summed E-state index contributed by atoms with van der Waals surface area (Å²) in [5, 5.41) is 13.6. The molecule has 0 spiro atoms. The second-order valence-corrected chi connectivity index (χ2v) is 7.12. The Kier molecular flexibility index (Phi) is 5.98. The number of nitrogens with zero attached hydrogens (tertiary/aromatic N) is 1.